The van der Waals surface area contributed by atoms with Crippen LogP contribution in [-0.2, 0) is 4.79 Å². The van der Waals surface area contributed by atoms with Crippen molar-refractivity contribution in [2.24, 2.45) is 0 Å². The van der Waals surface area contributed by atoms with Gasteiger partial charge in [0.05, 0.1) is 5.92 Å². The zero-order valence-corrected chi connectivity index (χ0v) is 18.2. The molecule has 0 aliphatic carbocycles. The first-order chi connectivity index (χ1) is 16.0. The molecular formula is C29H23NO3. The predicted molar refractivity (Wildman–Crippen MR) is 130 cm³/mol. The summed E-state index contributed by atoms with van der Waals surface area (Å²) in [6.45, 7) is 1.80. The molecule has 0 radical (unpaired) electrons. The Bertz CT molecular complexity index is 1280. The lowest BCUT2D eigenvalue weighted by atomic mass is 9.95. The summed E-state index contributed by atoms with van der Waals surface area (Å²) in [4.78, 5) is 38.1. The maximum atomic E-state index is 12.8. The second kappa shape index (κ2) is 9.88. The zero-order valence-electron chi connectivity index (χ0n) is 18.2. The monoisotopic (exact) mass is 433 g/mol. The zero-order chi connectivity index (χ0) is 23.2. The Morgan fingerprint density at radius 3 is 1.64 bits per heavy atom. The van der Waals surface area contributed by atoms with Crippen LogP contribution in [-0.4, -0.2) is 17.5 Å². The van der Waals surface area contributed by atoms with Gasteiger partial charge in [0.25, 0.3) is 0 Å². The number of anilines is 1. The van der Waals surface area contributed by atoms with Crippen molar-refractivity contribution in [3.63, 3.8) is 0 Å². The first-order valence-electron chi connectivity index (χ1n) is 10.7. The van der Waals surface area contributed by atoms with Crippen LogP contribution in [0.25, 0.3) is 0 Å². The Kier molecular flexibility index (Phi) is 6.56. The molecule has 4 aromatic carbocycles. The smallest absolute Gasteiger partial charge is 0.231 e. The quantitative estimate of drug-likeness (QED) is 0.370. The highest BCUT2D eigenvalue weighted by atomic mass is 16.2. The fraction of sp³-hybridized carbons (Fsp3) is 0.0690. The number of benzene rings is 4. The third kappa shape index (κ3) is 5.13. The second-order valence-electron chi connectivity index (χ2n) is 7.80. The highest BCUT2D eigenvalue weighted by Crippen LogP contribution is 2.21. The molecule has 4 heteroatoms. The van der Waals surface area contributed by atoms with Crippen LogP contribution in [0.4, 0.5) is 5.69 Å². The van der Waals surface area contributed by atoms with Gasteiger partial charge in [0, 0.05) is 27.9 Å². The third-order valence-electron chi connectivity index (χ3n) is 5.53. The van der Waals surface area contributed by atoms with Crippen molar-refractivity contribution in [3.8, 4) is 0 Å². The lowest BCUT2D eigenvalue weighted by Gasteiger charge is -2.14. The van der Waals surface area contributed by atoms with Crippen LogP contribution in [0.2, 0.25) is 0 Å². The largest absolute Gasteiger partial charge is 0.326 e. The van der Waals surface area contributed by atoms with Crippen molar-refractivity contribution < 1.29 is 14.4 Å². The lowest BCUT2D eigenvalue weighted by molar-refractivity contribution is -0.117. The van der Waals surface area contributed by atoms with Crippen molar-refractivity contribution in [1.82, 2.24) is 0 Å². The SMILES string of the molecule is C[C@@H](C(=O)Nc1ccc(C(=O)c2ccccc2)cc1)c1cccc(C(=O)c2ccccc2)c1. The molecule has 0 aliphatic rings. The molecule has 33 heavy (non-hydrogen) atoms. The molecule has 0 aliphatic heterocycles. The van der Waals surface area contributed by atoms with Crippen molar-refractivity contribution in [1.29, 1.82) is 0 Å². The average Bonchev–Trinajstić information content (AvgIpc) is 2.89. The lowest BCUT2D eigenvalue weighted by Crippen LogP contribution is -2.19. The predicted octanol–water partition coefficient (Wildman–Crippen LogP) is 5.89. The van der Waals surface area contributed by atoms with Crippen LogP contribution in [0.3, 0.4) is 0 Å². The molecule has 0 unspecified atom stereocenters. The van der Waals surface area contributed by atoms with E-state index in [2.05, 4.69) is 5.32 Å². The van der Waals surface area contributed by atoms with E-state index in [4.69, 9.17) is 0 Å². The molecule has 4 aromatic rings. The summed E-state index contributed by atoms with van der Waals surface area (Å²) in [5, 5.41) is 2.89. The summed E-state index contributed by atoms with van der Waals surface area (Å²) in [6, 6.07) is 32.1. The van der Waals surface area contributed by atoms with Gasteiger partial charge in [0.1, 0.15) is 0 Å². The van der Waals surface area contributed by atoms with Gasteiger partial charge >= 0.3 is 0 Å². The topological polar surface area (TPSA) is 63.2 Å². The van der Waals surface area contributed by atoms with Gasteiger partial charge in [-0.1, -0.05) is 78.9 Å². The Hall–Kier alpha value is -4.31. The van der Waals surface area contributed by atoms with E-state index < -0.39 is 5.92 Å². The number of ketones is 2. The molecule has 0 aromatic heterocycles. The number of hydrogen-bond acceptors (Lipinski definition) is 3. The van der Waals surface area contributed by atoms with Gasteiger partial charge < -0.3 is 5.32 Å². The van der Waals surface area contributed by atoms with Gasteiger partial charge in [0.2, 0.25) is 5.91 Å². The normalized spacial score (nSPS) is 11.4. The van der Waals surface area contributed by atoms with E-state index >= 15 is 0 Å². The molecule has 0 saturated heterocycles. The van der Waals surface area contributed by atoms with Crippen LogP contribution >= 0.6 is 0 Å². The number of hydrogen-bond donors (Lipinski definition) is 1. The van der Waals surface area contributed by atoms with Gasteiger partial charge in [0.15, 0.2) is 11.6 Å². The summed E-state index contributed by atoms with van der Waals surface area (Å²) in [6.07, 6.45) is 0. The third-order valence-corrected chi connectivity index (χ3v) is 5.53. The number of amides is 1. The van der Waals surface area contributed by atoms with Crippen molar-refractivity contribution in [3.05, 3.63) is 137 Å². The first-order valence-corrected chi connectivity index (χ1v) is 10.7. The molecule has 4 nitrogen and oxygen atoms in total. The van der Waals surface area contributed by atoms with Gasteiger partial charge in [-0.3, -0.25) is 14.4 Å². The van der Waals surface area contributed by atoms with Crippen LogP contribution in [0, 0.1) is 0 Å². The molecule has 1 amide bonds. The second-order valence-corrected chi connectivity index (χ2v) is 7.80. The Labute approximate surface area is 192 Å². The summed E-state index contributed by atoms with van der Waals surface area (Å²) in [5.74, 6) is -0.800. The van der Waals surface area contributed by atoms with Gasteiger partial charge in [-0.2, -0.15) is 0 Å². The molecule has 1 N–H and O–H groups in total. The van der Waals surface area contributed by atoms with Gasteiger partial charge in [-0.15, -0.1) is 0 Å². The summed E-state index contributed by atoms with van der Waals surface area (Å²) in [5.41, 5.74) is 3.68. The van der Waals surface area contributed by atoms with Crippen molar-refractivity contribution in [2.45, 2.75) is 12.8 Å². The maximum absolute atomic E-state index is 12.8. The summed E-state index contributed by atoms with van der Waals surface area (Å²) in [7, 11) is 0. The van der Waals surface area contributed by atoms with E-state index in [1.807, 2.05) is 42.5 Å². The Balaban J connectivity index is 1.45. The highest BCUT2D eigenvalue weighted by molar-refractivity contribution is 6.10. The van der Waals surface area contributed by atoms with Crippen molar-refractivity contribution >= 4 is 23.2 Å². The molecule has 162 valence electrons. The standard InChI is InChI=1S/C29H23NO3/c1-20(24-13-8-14-25(19-24)28(32)22-11-6-3-7-12-22)29(33)30-26-17-15-23(16-18-26)27(31)21-9-4-2-5-10-21/h2-20H,1H3,(H,30,33)/t20-/m1/s1. The molecule has 0 bridgehead atoms. The molecule has 0 spiro atoms. The van der Waals surface area contributed by atoms with Crippen molar-refractivity contribution in [2.75, 3.05) is 5.32 Å². The van der Waals surface area contributed by atoms with E-state index in [9.17, 15) is 14.4 Å². The minimum Gasteiger partial charge on any atom is -0.326 e. The minimum absolute atomic E-state index is 0.0678. The van der Waals surface area contributed by atoms with E-state index in [-0.39, 0.29) is 17.5 Å². The minimum atomic E-state index is -0.459. The van der Waals surface area contributed by atoms with E-state index in [1.54, 1.807) is 73.7 Å². The maximum Gasteiger partial charge on any atom is 0.231 e. The molecular weight excluding hydrogens is 410 g/mol. The Morgan fingerprint density at radius 2 is 1.06 bits per heavy atom. The number of rotatable bonds is 7. The number of carbonyl (C=O) groups excluding carboxylic acids is 3. The molecule has 4 rings (SSSR count). The summed E-state index contributed by atoms with van der Waals surface area (Å²) < 4.78 is 0. The number of nitrogens with one attached hydrogen (secondary N) is 1. The van der Waals surface area contributed by atoms with Crippen LogP contribution < -0.4 is 5.32 Å². The highest BCUT2D eigenvalue weighted by Gasteiger charge is 2.18. The van der Waals surface area contributed by atoms with E-state index in [0.717, 1.165) is 5.56 Å². The van der Waals surface area contributed by atoms with Crippen LogP contribution in [0.1, 0.15) is 50.2 Å². The molecule has 0 heterocycles. The fourth-order valence-corrected chi connectivity index (χ4v) is 3.57. The molecule has 1 atom stereocenters. The first kappa shape index (κ1) is 21.9. The van der Waals surface area contributed by atoms with Gasteiger partial charge in [-0.25, -0.2) is 0 Å². The van der Waals surface area contributed by atoms with Gasteiger partial charge in [-0.05, 0) is 42.8 Å². The summed E-state index contributed by atoms with van der Waals surface area (Å²) >= 11 is 0. The fourth-order valence-electron chi connectivity index (χ4n) is 3.57. The Morgan fingerprint density at radius 1 is 0.576 bits per heavy atom. The molecule has 0 saturated carbocycles. The van der Waals surface area contributed by atoms with Crippen LogP contribution in [0.15, 0.2) is 109 Å². The average molecular weight is 434 g/mol. The molecule has 0 fully saturated rings. The number of carbonyl (C=O) groups is 3. The van der Waals surface area contributed by atoms with E-state index in [0.29, 0.717) is 27.9 Å². The van der Waals surface area contributed by atoms with Crippen LogP contribution in [0.5, 0.6) is 0 Å². The van der Waals surface area contributed by atoms with E-state index in [1.165, 1.54) is 0 Å².